The van der Waals surface area contributed by atoms with E-state index in [4.69, 9.17) is 11.6 Å². The Bertz CT molecular complexity index is 283. The third kappa shape index (κ3) is 2.70. The fourth-order valence-corrected chi connectivity index (χ4v) is 1.68. The Kier molecular flexibility index (Phi) is 3.73. The van der Waals surface area contributed by atoms with Crippen LogP contribution in [0.4, 0.5) is 4.39 Å². The van der Waals surface area contributed by atoms with E-state index < -0.39 is 0 Å². The molecule has 0 aliphatic heterocycles. The van der Waals surface area contributed by atoms with E-state index in [1.165, 1.54) is 0 Å². The first-order valence-electron chi connectivity index (χ1n) is 4.47. The summed E-state index contributed by atoms with van der Waals surface area (Å²) in [6.45, 7) is 3.88. The lowest BCUT2D eigenvalue weighted by Gasteiger charge is -2.11. The minimum Gasteiger partial charge on any atom is -0.207 e. The molecule has 0 aliphatic rings. The molecule has 0 aliphatic carbocycles. The van der Waals surface area contributed by atoms with Crippen molar-refractivity contribution in [1.82, 2.24) is 0 Å². The van der Waals surface area contributed by atoms with Crippen molar-refractivity contribution in [3.05, 3.63) is 35.1 Å². The van der Waals surface area contributed by atoms with Gasteiger partial charge in [0.15, 0.2) is 0 Å². The summed E-state index contributed by atoms with van der Waals surface area (Å²) in [7, 11) is 0. The molecular weight excluding hydrogens is 187 g/mol. The standard InChI is InChI=1S/C11H14ClF/c1-8-3-4-10(11(13)7-8)9(2)5-6-12/h3-4,7,9H,5-6H2,1-2H3. The summed E-state index contributed by atoms with van der Waals surface area (Å²) in [6.07, 6.45) is 0.821. The van der Waals surface area contributed by atoms with Gasteiger partial charge in [-0.05, 0) is 36.5 Å². The minimum atomic E-state index is -0.113. The van der Waals surface area contributed by atoms with Crippen molar-refractivity contribution in [2.75, 3.05) is 5.88 Å². The van der Waals surface area contributed by atoms with Gasteiger partial charge in [0.05, 0.1) is 0 Å². The highest BCUT2D eigenvalue weighted by molar-refractivity contribution is 6.17. The molecule has 0 saturated heterocycles. The maximum Gasteiger partial charge on any atom is 0.126 e. The number of hydrogen-bond acceptors (Lipinski definition) is 0. The summed E-state index contributed by atoms with van der Waals surface area (Å²) >= 11 is 5.61. The number of hydrogen-bond donors (Lipinski definition) is 0. The summed E-state index contributed by atoms with van der Waals surface area (Å²) in [6, 6.07) is 5.35. The van der Waals surface area contributed by atoms with E-state index in [0.717, 1.165) is 17.5 Å². The Morgan fingerprint density at radius 3 is 2.69 bits per heavy atom. The number of aryl methyl sites for hydroxylation is 1. The van der Waals surface area contributed by atoms with Gasteiger partial charge in [-0.1, -0.05) is 19.1 Å². The Labute approximate surface area is 83.7 Å². The van der Waals surface area contributed by atoms with Gasteiger partial charge in [-0.25, -0.2) is 4.39 Å². The van der Waals surface area contributed by atoms with Crippen molar-refractivity contribution >= 4 is 11.6 Å². The molecule has 0 bridgehead atoms. The Balaban J connectivity index is 2.88. The van der Waals surface area contributed by atoms with Crippen LogP contribution in [0, 0.1) is 12.7 Å². The van der Waals surface area contributed by atoms with Crippen molar-refractivity contribution in [3.8, 4) is 0 Å². The quantitative estimate of drug-likeness (QED) is 0.650. The summed E-state index contributed by atoms with van der Waals surface area (Å²) in [5, 5.41) is 0. The molecule has 1 unspecified atom stereocenters. The molecule has 1 atom stereocenters. The topological polar surface area (TPSA) is 0 Å². The number of benzene rings is 1. The fourth-order valence-electron chi connectivity index (χ4n) is 1.35. The van der Waals surface area contributed by atoms with Gasteiger partial charge in [0.25, 0.3) is 0 Å². The van der Waals surface area contributed by atoms with Crippen LogP contribution in [0.5, 0.6) is 0 Å². The molecule has 0 N–H and O–H groups in total. The van der Waals surface area contributed by atoms with Crippen LogP contribution in [-0.4, -0.2) is 5.88 Å². The zero-order valence-electron chi connectivity index (χ0n) is 7.98. The highest BCUT2D eigenvalue weighted by Gasteiger charge is 2.09. The molecule has 0 saturated carbocycles. The summed E-state index contributed by atoms with van der Waals surface area (Å²) in [5.41, 5.74) is 1.73. The maximum absolute atomic E-state index is 13.4. The summed E-state index contributed by atoms with van der Waals surface area (Å²) in [5.74, 6) is 0.671. The smallest absolute Gasteiger partial charge is 0.126 e. The Morgan fingerprint density at radius 2 is 2.15 bits per heavy atom. The lowest BCUT2D eigenvalue weighted by molar-refractivity contribution is 0.583. The maximum atomic E-state index is 13.4. The first-order valence-corrected chi connectivity index (χ1v) is 5.00. The molecule has 1 aromatic carbocycles. The Morgan fingerprint density at radius 1 is 1.46 bits per heavy atom. The minimum absolute atomic E-state index is 0.113. The van der Waals surface area contributed by atoms with Crippen LogP contribution < -0.4 is 0 Å². The monoisotopic (exact) mass is 200 g/mol. The molecule has 0 heterocycles. The second-order valence-electron chi connectivity index (χ2n) is 3.40. The first kappa shape index (κ1) is 10.5. The van der Waals surface area contributed by atoms with Gasteiger partial charge in [-0.15, -0.1) is 11.6 Å². The summed E-state index contributed by atoms with van der Waals surface area (Å²) < 4.78 is 13.4. The average molecular weight is 201 g/mol. The van der Waals surface area contributed by atoms with Crippen molar-refractivity contribution in [2.45, 2.75) is 26.2 Å². The van der Waals surface area contributed by atoms with E-state index in [9.17, 15) is 4.39 Å². The summed E-state index contributed by atoms with van der Waals surface area (Å²) in [4.78, 5) is 0. The largest absolute Gasteiger partial charge is 0.207 e. The second-order valence-corrected chi connectivity index (χ2v) is 3.78. The molecule has 72 valence electrons. The molecule has 1 aromatic rings. The van der Waals surface area contributed by atoms with Gasteiger partial charge in [0, 0.05) is 5.88 Å². The van der Waals surface area contributed by atoms with Crippen molar-refractivity contribution in [1.29, 1.82) is 0 Å². The third-order valence-corrected chi connectivity index (χ3v) is 2.45. The van der Waals surface area contributed by atoms with Crippen LogP contribution in [0.2, 0.25) is 0 Å². The van der Waals surface area contributed by atoms with Crippen LogP contribution in [0.1, 0.15) is 30.4 Å². The Hall–Kier alpha value is -0.560. The molecular formula is C11H14ClF. The van der Waals surface area contributed by atoms with Crippen LogP contribution >= 0.6 is 11.6 Å². The van der Waals surface area contributed by atoms with Gasteiger partial charge in [0.2, 0.25) is 0 Å². The lowest BCUT2D eigenvalue weighted by Crippen LogP contribution is -1.98. The van der Waals surface area contributed by atoms with Crippen LogP contribution in [0.25, 0.3) is 0 Å². The molecule has 0 fully saturated rings. The van der Waals surface area contributed by atoms with Crippen LogP contribution in [0.15, 0.2) is 18.2 Å². The molecule has 0 radical (unpaired) electrons. The predicted octanol–water partition coefficient (Wildman–Crippen LogP) is 3.87. The van der Waals surface area contributed by atoms with Gasteiger partial charge in [-0.2, -0.15) is 0 Å². The van der Waals surface area contributed by atoms with Gasteiger partial charge < -0.3 is 0 Å². The van der Waals surface area contributed by atoms with E-state index >= 15 is 0 Å². The molecule has 0 aromatic heterocycles. The van der Waals surface area contributed by atoms with Gasteiger partial charge in [-0.3, -0.25) is 0 Å². The van der Waals surface area contributed by atoms with E-state index in [1.54, 1.807) is 6.07 Å². The molecule has 0 spiro atoms. The van der Waals surface area contributed by atoms with Gasteiger partial charge >= 0.3 is 0 Å². The van der Waals surface area contributed by atoms with Crippen molar-refractivity contribution in [2.24, 2.45) is 0 Å². The highest BCUT2D eigenvalue weighted by Crippen LogP contribution is 2.22. The molecule has 0 amide bonds. The highest BCUT2D eigenvalue weighted by atomic mass is 35.5. The van der Waals surface area contributed by atoms with Crippen molar-refractivity contribution in [3.63, 3.8) is 0 Å². The zero-order valence-corrected chi connectivity index (χ0v) is 8.74. The molecule has 0 nitrogen and oxygen atoms in total. The van der Waals surface area contributed by atoms with Crippen molar-refractivity contribution < 1.29 is 4.39 Å². The zero-order chi connectivity index (χ0) is 9.84. The van der Waals surface area contributed by atoms with E-state index in [0.29, 0.717) is 5.88 Å². The lowest BCUT2D eigenvalue weighted by atomic mass is 9.97. The van der Waals surface area contributed by atoms with Crippen LogP contribution in [0.3, 0.4) is 0 Å². The number of alkyl halides is 1. The second kappa shape index (κ2) is 4.61. The normalized spacial score (nSPS) is 12.9. The number of rotatable bonds is 3. The SMILES string of the molecule is Cc1ccc(C(C)CCCl)c(F)c1. The third-order valence-electron chi connectivity index (χ3n) is 2.23. The van der Waals surface area contributed by atoms with E-state index in [-0.39, 0.29) is 11.7 Å². The predicted molar refractivity (Wildman–Crippen MR) is 54.9 cm³/mol. The molecule has 2 heteroatoms. The molecule has 1 rings (SSSR count). The van der Waals surface area contributed by atoms with Gasteiger partial charge in [0.1, 0.15) is 5.82 Å². The number of halogens is 2. The van der Waals surface area contributed by atoms with Crippen LogP contribution in [-0.2, 0) is 0 Å². The fraction of sp³-hybridized carbons (Fsp3) is 0.455. The van der Waals surface area contributed by atoms with E-state index in [2.05, 4.69) is 0 Å². The average Bonchev–Trinajstić information content (AvgIpc) is 2.04. The molecule has 13 heavy (non-hydrogen) atoms. The first-order chi connectivity index (χ1) is 6.15. The van der Waals surface area contributed by atoms with E-state index in [1.807, 2.05) is 26.0 Å².